The molecule has 21 heavy (non-hydrogen) atoms. The molecule has 0 unspecified atom stereocenters. The fraction of sp³-hybridized carbons (Fsp3) is 0.429. The molecule has 3 N–H and O–H groups in total. The zero-order valence-electron chi connectivity index (χ0n) is 11.2. The summed E-state index contributed by atoms with van der Waals surface area (Å²) in [5, 5.41) is 3.34. The van der Waals surface area contributed by atoms with Gasteiger partial charge in [-0.2, -0.15) is 0 Å². The Balaban J connectivity index is 1.68. The Morgan fingerprint density at radius 1 is 1.29 bits per heavy atom. The molecular formula is C14H15Cl2N3O2. The summed E-state index contributed by atoms with van der Waals surface area (Å²) in [6.45, 7) is 0.575. The van der Waals surface area contributed by atoms with Gasteiger partial charge >= 0.3 is 0 Å². The van der Waals surface area contributed by atoms with Crippen LogP contribution in [0.25, 0.3) is 0 Å². The number of carbonyl (C=O) groups excluding carboxylic acids is 2. The summed E-state index contributed by atoms with van der Waals surface area (Å²) < 4.78 is 0. The van der Waals surface area contributed by atoms with Gasteiger partial charge in [0.15, 0.2) is 0 Å². The van der Waals surface area contributed by atoms with Gasteiger partial charge in [0.2, 0.25) is 5.91 Å². The number of hydrogen-bond donors (Lipinski definition) is 2. The maximum absolute atomic E-state index is 12.2. The van der Waals surface area contributed by atoms with E-state index in [2.05, 4.69) is 5.32 Å². The number of halogens is 2. The minimum Gasteiger partial charge on any atom is -0.396 e. The summed E-state index contributed by atoms with van der Waals surface area (Å²) in [4.78, 5) is 25.9. The van der Waals surface area contributed by atoms with E-state index in [-0.39, 0.29) is 33.6 Å². The van der Waals surface area contributed by atoms with Gasteiger partial charge in [-0.05, 0) is 25.0 Å². The molecule has 2 amide bonds. The van der Waals surface area contributed by atoms with Gasteiger partial charge in [0.25, 0.3) is 5.91 Å². The Morgan fingerprint density at radius 3 is 2.48 bits per heavy atom. The Labute approximate surface area is 132 Å². The van der Waals surface area contributed by atoms with Crippen LogP contribution < -0.4 is 11.1 Å². The average molecular weight is 328 g/mol. The minimum atomic E-state index is -0.297. The minimum absolute atomic E-state index is 0.108. The molecule has 1 aromatic carbocycles. The van der Waals surface area contributed by atoms with E-state index in [9.17, 15) is 9.59 Å². The number of nitrogens with two attached hydrogens (primary N) is 1. The van der Waals surface area contributed by atoms with Crippen LogP contribution in [0.3, 0.4) is 0 Å². The summed E-state index contributed by atoms with van der Waals surface area (Å²) in [5.74, 6) is -0.189. The monoisotopic (exact) mass is 327 g/mol. The molecule has 2 fully saturated rings. The van der Waals surface area contributed by atoms with Crippen molar-refractivity contribution in [2.75, 3.05) is 12.3 Å². The van der Waals surface area contributed by atoms with Gasteiger partial charge in [0.1, 0.15) is 0 Å². The summed E-state index contributed by atoms with van der Waals surface area (Å²) >= 11 is 11.8. The molecule has 0 bridgehead atoms. The first-order valence-electron chi connectivity index (χ1n) is 6.80. The third-order valence-electron chi connectivity index (χ3n) is 3.82. The van der Waals surface area contributed by atoms with E-state index in [4.69, 9.17) is 28.9 Å². The van der Waals surface area contributed by atoms with E-state index in [0.717, 1.165) is 12.8 Å². The predicted octanol–water partition coefficient (Wildman–Crippen LogP) is 2.07. The number of benzene rings is 1. The number of carbonyl (C=O) groups is 2. The van der Waals surface area contributed by atoms with Crippen molar-refractivity contribution < 1.29 is 9.59 Å². The molecule has 1 aliphatic heterocycles. The largest absolute Gasteiger partial charge is 0.396 e. The van der Waals surface area contributed by atoms with Crippen LogP contribution >= 0.6 is 23.2 Å². The van der Waals surface area contributed by atoms with Gasteiger partial charge in [0, 0.05) is 24.6 Å². The molecule has 3 rings (SSSR count). The highest BCUT2D eigenvalue weighted by molar-refractivity contribution is 6.39. The first kappa shape index (κ1) is 14.5. The van der Waals surface area contributed by atoms with Gasteiger partial charge in [-0.15, -0.1) is 0 Å². The highest BCUT2D eigenvalue weighted by atomic mass is 35.5. The lowest BCUT2D eigenvalue weighted by molar-refractivity contribution is -0.128. The van der Waals surface area contributed by atoms with Crippen LogP contribution in [0.5, 0.6) is 0 Å². The summed E-state index contributed by atoms with van der Waals surface area (Å²) in [7, 11) is 0. The van der Waals surface area contributed by atoms with Crippen molar-refractivity contribution in [2.45, 2.75) is 31.3 Å². The molecule has 1 aliphatic carbocycles. The number of rotatable bonds is 3. The second-order valence-electron chi connectivity index (χ2n) is 5.51. The first-order valence-corrected chi connectivity index (χ1v) is 7.56. The number of amides is 2. The molecule has 1 aromatic rings. The number of nitrogen functional groups attached to an aromatic ring is 1. The predicted molar refractivity (Wildman–Crippen MR) is 81.5 cm³/mol. The van der Waals surface area contributed by atoms with Crippen LogP contribution in [-0.4, -0.2) is 35.3 Å². The third-order valence-corrected chi connectivity index (χ3v) is 4.45. The average Bonchev–Trinajstić information content (AvgIpc) is 3.20. The number of nitrogens with zero attached hydrogens (tertiary/aromatic N) is 1. The summed E-state index contributed by atoms with van der Waals surface area (Å²) in [5.41, 5.74) is 6.24. The number of nitrogens with one attached hydrogen (secondary N) is 1. The van der Waals surface area contributed by atoms with Gasteiger partial charge < -0.3 is 16.0 Å². The standard InChI is InChI=1S/C14H15Cl2N3O2/c15-10-3-7(4-11(16)13(10)17)14(21)18-8-5-12(20)19(6-8)9-1-2-9/h3-4,8-9H,1-2,5-6,17H2,(H,18,21)/t8-/m1/s1. The summed E-state index contributed by atoms with van der Waals surface area (Å²) in [6, 6.07) is 3.17. The molecule has 0 aromatic heterocycles. The van der Waals surface area contributed by atoms with Gasteiger partial charge in [0.05, 0.1) is 21.8 Å². The number of likely N-dealkylation sites (tertiary alicyclic amines) is 1. The van der Waals surface area contributed by atoms with Crippen molar-refractivity contribution in [1.29, 1.82) is 0 Å². The molecule has 2 aliphatic rings. The van der Waals surface area contributed by atoms with E-state index < -0.39 is 0 Å². The lowest BCUT2D eigenvalue weighted by atomic mass is 10.1. The molecule has 5 nitrogen and oxygen atoms in total. The van der Waals surface area contributed by atoms with Crippen molar-refractivity contribution in [3.05, 3.63) is 27.7 Å². The van der Waals surface area contributed by atoms with Gasteiger partial charge in [-0.25, -0.2) is 0 Å². The Kier molecular flexibility index (Phi) is 3.71. The zero-order chi connectivity index (χ0) is 15.1. The molecule has 1 heterocycles. The van der Waals surface area contributed by atoms with E-state index in [1.54, 1.807) is 0 Å². The molecule has 1 saturated carbocycles. The molecule has 7 heteroatoms. The molecule has 0 spiro atoms. The normalized spacial score (nSPS) is 21.7. The van der Waals surface area contributed by atoms with Crippen LogP contribution in [0.1, 0.15) is 29.6 Å². The second-order valence-corrected chi connectivity index (χ2v) is 6.32. The maximum atomic E-state index is 12.2. The SMILES string of the molecule is Nc1c(Cl)cc(C(=O)N[C@@H]2CC(=O)N(C3CC3)C2)cc1Cl. The third kappa shape index (κ3) is 2.94. The Morgan fingerprint density at radius 2 is 1.90 bits per heavy atom. The Bertz CT molecular complexity index is 593. The molecule has 1 saturated heterocycles. The van der Waals surface area contributed by atoms with E-state index in [0.29, 0.717) is 24.6 Å². The highest BCUT2D eigenvalue weighted by Gasteiger charge is 2.39. The van der Waals surface area contributed by atoms with Crippen LogP contribution in [0, 0.1) is 0 Å². The molecule has 1 atom stereocenters. The van der Waals surface area contributed by atoms with Crippen molar-refractivity contribution in [3.63, 3.8) is 0 Å². The lowest BCUT2D eigenvalue weighted by Gasteiger charge is -2.16. The van der Waals surface area contributed by atoms with E-state index in [1.165, 1.54) is 12.1 Å². The fourth-order valence-electron chi connectivity index (χ4n) is 2.55. The fourth-order valence-corrected chi connectivity index (χ4v) is 3.04. The smallest absolute Gasteiger partial charge is 0.251 e. The lowest BCUT2D eigenvalue weighted by Crippen LogP contribution is -2.37. The maximum Gasteiger partial charge on any atom is 0.251 e. The first-order chi connectivity index (χ1) is 9.95. The number of hydrogen-bond acceptors (Lipinski definition) is 3. The summed E-state index contributed by atoms with van der Waals surface area (Å²) in [6.07, 6.45) is 2.48. The van der Waals surface area contributed by atoms with Crippen LogP contribution in [0.2, 0.25) is 10.0 Å². The van der Waals surface area contributed by atoms with Gasteiger partial charge in [-0.3, -0.25) is 9.59 Å². The van der Waals surface area contributed by atoms with Crippen molar-refractivity contribution in [2.24, 2.45) is 0 Å². The van der Waals surface area contributed by atoms with Crippen molar-refractivity contribution >= 4 is 40.7 Å². The van der Waals surface area contributed by atoms with Gasteiger partial charge in [-0.1, -0.05) is 23.2 Å². The van der Waals surface area contributed by atoms with Crippen molar-refractivity contribution in [1.82, 2.24) is 10.2 Å². The number of anilines is 1. The van der Waals surface area contributed by atoms with E-state index in [1.807, 2.05) is 4.90 Å². The highest BCUT2D eigenvalue weighted by Crippen LogP contribution is 2.31. The second kappa shape index (κ2) is 5.39. The molecular weight excluding hydrogens is 313 g/mol. The zero-order valence-corrected chi connectivity index (χ0v) is 12.7. The van der Waals surface area contributed by atoms with Crippen molar-refractivity contribution in [3.8, 4) is 0 Å². The van der Waals surface area contributed by atoms with Crippen LogP contribution in [0.15, 0.2) is 12.1 Å². The Hall–Kier alpha value is -1.46. The van der Waals surface area contributed by atoms with E-state index >= 15 is 0 Å². The topological polar surface area (TPSA) is 75.4 Å². The quantitative estimate of drug-likeness (QED) is 0.834. The molecule has 112 valence electrons. The van der Waals surface area contributed by atoms with Crippen LogP contribution in [0.4, 0.5) is 5.69 Å². The van der Waals surface area contributed by atoms with Crippen LogP contribution in [-0.2, 0) is 4.79 Å². The molecule has 0 radical (unpaired) electrons.